The monoisotopic (exact) mass is 590 g/mol. The summed E-state index contributed by atoms with van der Waals surface area (Å²) in [6, 6.07) is 14.9. The molecule has 0 aromatic heterocycles. The maximum Gasteiger partial charge on any atom is 0.294 e. The molecule has 0 aliphatic rings. The van der Waals surface area contributed by atoms with E-state index in [4.69, 9.17) is 4.55 Å². The molecule has 2 N–H and O–H groups in total. The van der Waals surface area contributed by atoms with Gasteiger partial charge in [0.05, 0.1) is 4.92 Å². The van der Waals surface area contributed by atoms with E-state index in [2.05, 4.69) is 56.4 Å². The van der Waals surface area contributed by atoms with Crippen molar-refractivity contribution in [1.29, 1.82) is 0 Å². The van der Waals surface area contributed by atoms with Crippen LogP contribution in [0.3, 0.4) is 0 Å². The van der Waals surface area contributed by atoms with Crippen molar-refractivity contribution in [3.05, 3.63) is 70.3 Å². The molecule has 0 aliphatic carbocycles. The second-order valence-corrected chi connectivity index (χ2v) is 13.1. The molecule has 41 heavy (non-hydrogen) atoms. The van der Waals surface area contributed by atoms with Crippen molar-refractivity contribution in [2.24, 2.45) is 0 Å². The van der Waals surface area contributed by atoms with Crippen molar-refractivity contribution in [2.45, 2.75) is 140 Å². The van der Waals surface area contributed by atoms with E-state index in [1.165, 1.54) is 114 Å². The van der Waals surface area contributed by atoms with Crippen LogP contribution in [0.25, 0.3) is 0 Å². The fraction of sp³-hybridized carbons (Fsp3) is 0.636. The van der Waals surface area contributed by atoms with Crippen LogP contribution in [0.1, 0.15) is 129 Å². The van der Waals surface area contributed by atoms with E-state index in [0.29, 0.717) is 0 Å². The van der Waals surface area contributed by atoms with Gasteiger partial charge in [0, 0.05) is 24.2 Å². The van der Waals surface area contributed by atoms with E-state index in [9.17, 15) is 18.5 Å². The summed E-state index contributed by atoms with van der Waals surface area (Å²) >= 11 is 0. The highest BCUT2D eigenvalue weighted by Gasteiger charge is 2.16. The summed E-state index contributed by atoms with van der Waals surface area (Å²) in [6.45, 7) is 7.97. The number of benzene rings is 2. The number of nitrogens with zero attached hydrogens (tertiary/aromatic N) is 1. The Hall–Kier alpha value is -2.29. The first-order valence-corrected chi connectivity index (χ1v) is 17.0. The van der Waals surface area contributed by atoms with Gasteiger partial charge in [0.1, 0.15) is 4.90 Å². The van der Waals surface area contributed by atoms with Gasteiger partial charge < -0.3 is 5.32 Å². The largest absolute Gasteiger partial charge is 0.308 e. The van der Waals surface area contributed by atoms with Gasteiger partial charge in [-0.3, -0.25) is 14.7 Å². The second-order valence-electron chi connectivity index (χ2n) is 11.7. The molecule has 0 unspecified atom stereocenters. The van der Waals surface area contributed by atoms with Crippen LogP contribution in [-0.2, 0) is 16.7 Å². The van der Waals surface area contributed by atoms with Gasteiger partial charge in [0.25, 0.3) is 15.8 Å². The molecule has 2 aromatic rings. The minimum Gasteiger partial charge on any atom is -0.308 e. The van der Waals surface area contributed by atoms with E-state index in [1.54, 1.807) is 0 Å². The third-order valence-corrected chi connectivity index (χ3v) is 8.20. The molecule has 0 bridgehead atoms. The van der Waals surface area contributed by atoms with Crippen molar-refractivity contribution in [1.82, 2.24) is 5.32 Å². The Bertz CT molecular complexity index is 1060. The quantitative estimate of drug-likeness (QED) is 0.0648. The molecule has 232 valence electrons. The maximum atomic E-state index is 10.5. The van der Waals surface area contributed by atoms with Crippen LogP contribution >= 0.6 is 0 Å². The SMILES string of the molecule is CCCCCCCCCCCCCCCCCC(C)(C)NCc1ccccc1.O=[N+]([O-])c1cccc(S(=O)(=O)O)c1. The predicted molar refractivity (Wildman–Crippen MR) is 170 cm³/mol. The van der Waals surface area contributed by atoms with Crippen molar-refractivity contribution in [3.8, 4) is 0 Å². The van der Waals surface area contributed by atoms with Crippen LogP contribution in [0.4, 0.5) is 5.69 Å². The standard InChI is InChI=1S/C27H49N.C6H5NO5S/c1-4-5-6-7-8-9-10-11-12-13-14-15-16-17-21-24-27(2,3)28-25-26-22-19-18-20-23-26;8-7(9)5-2-1-3-6(4-5)13(10,11)12/h18-20,22-23,28H,4-17,21,24-25H2,1-3H3;1-4H,(H,10,11,12). The average molecular weight is 591 g/mol. The summed E-state index contributed by atoms with van der Waals surface area (Å²) in [7, 11) is -4.36. The zero-order valence-electron chi connectivity index (χ0n) is 25.7. The molecule has 2 rings (SSSR count). The lowest BCUT2D eigenvalue weighted by Crippen LogP contribution is -2.38. The first-order chi connectivity index (χ1) is 19.5. The van der Waals surface area contributed by atoms with Gasteiger partial charge in [-0.25, -0.2) is 0 Å². The van der Waals surface area contributed by atoms with Gasteiger partial charge >= 0.3 is 0 Å². The zero-order chi connectivity index (χ0) is 30.4. The van der Waals surface area contributed by atoms with Gasteiger partial charge in [-0.2, -0.15) is 8.42 Å². The Morgan fingerprint density at radius 3 is 1.71 bits per heavy atom. The minimum atomic E-state index is -4.36. The summed E-state index contributed by atoms with van der Waals surface area (Å²) in [5.74, 6) is 0. The number of nitrogens with one attached hydrogen (secondary N) is 1. The molecular weight excluding hydrogens is 536 g/mol. The summed E-state index contributed by atoms with van der Waals surface area (Å²) in [4.78, 5) is 8.98. The Labute approximate surface area is 249 Å². The van der Waals surface area contributed by atoms with Gasteiger partial charge in [-0.15, -0.1) is 0 Å². The smallest absolute Gasteiger partial charge is 0.294 e. The van der Waals surface area contributed by atoms with Crippen molar-refractivity contribution < 1.29 is 17.9 Å². The third kappa shape index (κ3) is 19.5. The van der Waals surface area contributed by atoms with Gasteiger partial charge in [0.2, 0.25) is 0 Å². The molecule has 0 saturated heterocycles. The number of unbranched alkanes of at least 4 members (excludes halogenated alkanes) is 14. The maximum absolute atomic E-state index is 10.5. The number of hydrogen-bond acceptors (Lipinski definition) is 5. The first-order valence-electron chi connectivity index (χ1n) is 15.6. The average Bonchev–Trinajstić information content (AvgIpc) is 2.94. The van der Waals surface area contributed by atoms with Crippen LogP contribution in [0.5, 0.6) is 0 Å². The second kappa shape index (κ2) is 21.4. The highest BCUT2D eigenvalue weighted by atomic mass is 32.2. The number of non-ortho nitro benzene ring substituents is 1. The Kier molecular flexibility index (Phi) is 19.2. The molecule has 0 saturated carbocycles. The number of nitro groups is 1. The van der Waals surface area contributed by atoms with Gasteiger partial charge in [-0.1, -0.05) is 140 Å². The first kappa shape index (κ1) is 36.7. The number of nitro benzene ring substituents is 1. The lowest BCUT2D eigenvalue weighted by atomic mass is 9.95. The van der Waals surface area contributed by atoms with Gasteiger partial charge in [0.15, 0.2) is 0 Å². The normalized spacial score (nSPS) is 11.6. The fourth-order valence-electron chi connectivity index (χ4n) is 4.72. The molecule has 0 atom stereocenters. The number of rotatable bonds is 21. The zero-order valence-corrected chi connectivity index (χ0v) is 26.5. The summed E-state index contributed by atoms with van der Waals surface area (Å²) in [5, 5.41) is 13.9. The molecule has 0 amide bonds. The minimum absolute atomic E-state index is 0.242. The van der Waals surface area contributed by atoms with E-state index in [0.717, 1.165) is 24.7 Å². The molecule has 0 radical (unpaired) electrons. The molecule has 0 heterocycles. The lowest BCUT2D eigenvalue weighted by molar-refractivity contribution is -0.385. The molecule has 2 aromatic carbocycles. The molecule has 8 heteroatoms. The molecule has 7 nitrogen and oxygen atoms in total. The van der Waals surface area contributed by atoms with Crippen LogP contribution in [-0.4, -0.2) is 23.4 Å². The topological polar surface area (TPSA) is 110 Å². The third-order valence-electron chi connectivity index (χ3n) is 7.35. The van der Waals surface area contributed by atoms with Gasteiger partial charge in [-0.05, 0) is 31.9 Å². The van der Waals surface area contributed by atoms with E-state index in [-0.39, 0.29) is 11.2 Å². The number of hydrogen-bond donors (Lipinski definition) is 2. The van der Waals surface area contributed by atoms with Crippen molar-refractivity contribution >= 4 is 15.8 Å². The molecular formula is C33H54N2O5S. The lowest BCUT2D eigenvalue weighted by Gasteiger charge is -2.26. The Morgan fingerprint density at radius 1 is 0.756 bits per heavy atom. The predicted octanol–water partition coefficient (Wildman–Crippen LogP) is 9.66. The highest BCUT2D eigenvalue weighted by molar-refractivity contribution is 7.85. The van der Waals surface area contributed by atoms with Crippen molar-refractivity contribution in [2.75, 3.05) is 0 Å². The summed E-state index contributed by atoms with van der Waals surface area (Å²) in [6.07, 6.45) is 22.9. The van der Waals surface area contributed by atoms with Crippen LogP contribution in [0.2, 0.25) is 0 Å². The van der Waals surface area contributed by atoms with E-state index >= 15 is 0 Å². The van der Waals surface area contributed by atoms with Crippen LogP contribution in [0.15, 0.2) is 59.5 Å². The Morgan fingerprint density at radius 2 is 1.24 bits per heavy atom. The summed E-state index contributed by atoms with van der Waals surface area (Å²) in [5.41, 5.74) is 1.24. The van der Waals surface area contributed by atoms with Crippen molar-refractivity contribution in [3.63, 3.8) is 0 Å². The molecule has 0 fully saturated rings. The Balaban J connectivity index is 0.000000537. The van der Waals surface area contributed by atoms with Crippen LogP contribution < -0.4 is 5.32 Å². The molecule has 0 spiro atoms. The summed E-state index contributed by atoms with van der Waals surface area (Å²) < 4.78 is 29.6. The highest BCUT2D eigenvalue weighted by Crippen LogP contribution is 2.18. The van der Waals surface area contributed by atoms with E-state index < -0.39 is 19.9 Å². The van der Waals surface area contributed by atoms with E-state index in [1.807, 2.05) is 0 Å². The fourth-order valence-corrected chi connectivity index (χ4v) is 5.24. The molecule has 0 aliphatic heterocycles. The van der Waals surface area contributed by atoms with Crippen LogP contribution in [0, 0.1) is 10.1 Å².